The minimum absolute atomic E-state index is 0.208. The molecule has 1 aliphatic heterocycles. The van der Waals surface area contributed by atoms with Crippen molar-refractivity contribution in [3.63, 3.8) is 0 Å². The molecule has 2 bridgehead atoms. The fourth-order valence-corrected chi connectivity index (χ4v) is 7.79. The van der Waals surface area contributed by atoms with Gasteiger partial charge in [0.25, 0.3) is 0 Å². The van der Waals surface area contributed by atoms with Crippen molar-refractivity contribution in [1.82, 2.24) is 0 Å². The zero-order valence-electron chi connectivity index (χ0n) is 16.6. The summed E-state index contributed by atoms with van der Waals surface area (Å²) in [5.41, 5.74) is 8.10. The Balaban J connectivity index is 1.77. The van der Waals surface area contributed by atoms with Crippen molar-refractivity contribution < 1.29 is 0 Å². The Hall–Kier alpha value is -1.24. The Bertz CT molecular complexity index is 783. The molecule has 3 atom stereocenters. The molecule has 0 saturated heterocycles. The van der Waals surface area contributed by atoms with E-state index in [0.717, 1.165) is 0 Å². The highest BCUT2D eigenvalue weighted by molar-refractivity contribution is 5.66. The van der Waals surface area contributed by atoms with Crippen LogP contribution in [0.4, 0.5) is 5.69 Å². The van der Waals surface area contributed by atoms with Crippen molar-refractivity contribution in [3.05, 3.63) is 41.0 Å². The van der Waals surface area contributed by atoms with E-state index in [4.69, 9.17) is 0 Å². The summed E-state index contributed by atoms with van der Waals surface area (Å²) in [6, 6.07) is 9.16. The summed E-state index contributed by atoms with van der Waals surface area (Å²) in [4.78, 5) is 0. The molecule has 3 aliphatic carbocycles. The topological polar surface area (TPSA) is 12.0 Å². The van der Waals surface area contributed by atoms with Crippen LogP contribution in [0.15, 0.2) is 35.4 Å². The Morgan fingerprint density at radius 2 is 1.64 bits per heavy atom. The lowest BCUT2D eigenvalue weighted by Crippen LogP contribution is -2.59. The average molecular weight is 336 g/mol. The zero-order chi connectivity index (χ0) is 17.7. The molecular weight excluding hydrogens is 302 g/mol. The molecule has 0 radical (unpaired) electrons. The first-order valence-electron chi connectivity index (χ1n) is 10.2. The summed E-state index contributed by atoms with van der Waals surface area (Å²) >= 11 is 0. The van der Waals surface area contributed by atoms with Crippen LogP contribution in [0.2, 0.25) is 0 Å². The van der Waals surface area contributed by atoms with E-state index in [1.165, 1.54) is 44.2 Å². The molecule has 1 aromatic rings. The lowest BCUT2D eigenvalue weighted by Gasteiger charge is -2.63. The SMILES string of the molecule is CC1(C)CC2=C3C(C1)c1ccccc1N[C@@]31CC(C)(C)C[C@@](C)(C2)C1. The molecule has 134 valence electrons. The Morgan fingerprint density at radius 1 is 0.880 bits per heavy atom. The number of nitrogens with one attached hydrogen (secondary N) is 1. The minimum atomic E-state index is 0.208. The summed E-state index contributed by atoms with van der Waals surface area (Å²) in [5, 5.41) is 4.12. The van der Waals surface area contributed by atoms with Crippen molar-refractivity contribution in [2.45, 2.75) is 84.6 Å². The molecule has 25 heavy (non-hydrogen) atoms. The van der Waals surface area contributed by atoms with Crippen LogP contribution in [-0.4, -0.2) is 5.54 Å². The maximum absolute atomic E-state index is 4.12. The monoisotopic (exact) mass is 335 g/mol. The number of fused-ring (bicyclic) bond motifs is 3. The lowest BCUT2D eigenvalue weighted by molar-refractivity contribution is 0.0346. The third-order valence-electron chi connectivity index (χ3n) is 7.46. The molecule has 1 heteroatoms. The third kappa shape index (κ3) is 2.27. The Morgan fingerprint density at radius 3 is 2.44 bits per heavy atom. The van der Waals surface area contributed by atoms with Gasteiger partial charge in [0.15, 0.2) is 0 Å². The molecule has 1 fully saturated rings. The highest BCUT2D eigenvalue weighted by Gasteiger charge is 2.59. The van der Waals surface area contributed by atoms with E-state index in [2.05, 4.69) is 64.2 Å². The number of allylic oxidation sites excluding steroid dienone is 1. The van der Waals surface area contributed by atoms with Crippen LogP contribution in [-0.2, 0) is 0 Å². The first-order chi connectivity index (χ1) is 11.6. The van der Waals surface area contributed by atoms with Crippen LogP contribution in [0, 0.1) is 16.2 Å². The Labute approximate surface area is 153 Å². The molecular formula is C24H33N. The molecule has 1 heterocycles. The van der Waals surface area contributed by atoms with Gasteiger partial charge in [-0.2, -0.15) is 0 Å². The van der Waals surface area contributed by atoms with Crippen molar-refractivity contribution in [2.75, 3.05) is 5.32 Å². The van der Waals surface area contributed by atoms with Crippen molar-refractivity contribution in [3.8, 4) is 0 Å². The van der Waals surface area contributed by atoms with E-state index in [0.29, 0.717) is 22.2 Å². The zero-order valence-corrected chi connectivity index (χ0v) is 16.6. The van der Waals surface area contributed by atoms with Gasteiger partial charge in [0.1, 0.15) is 0 Å². The standard InChI is InChI=1S/C24H33N/c1-21(2)10-16-11-23(5)13-22(3,4)14-24(15-23)20(16)18(12-21)17-8-6-7-9-19(17)25-24/h6-9,18,25H,10-15H2,1-5H3/t18?,23-,24-/m1/s1. The van der Waals surface area contributed by atoms with Gasteiger partial charge in [0, 0.05) is 11.6 Å². The van der Waals surface area contributed by atoms with E-state index in [9.17, 15) is 0 Å². The van der Waals surface area contributed by atoms with Crippen LogP contribution >= 0.6 is 0 Å². The van der Waals surface area contributed by atoms with Gasteiger partial charge >= 0.3 is 0 Å². The predicted octanol–water partition coefficient (Wildman–Crippen LogP) is 6.67. The van der Waals surface area contributed by atoms with Gasteiger partial charge in [0.2, 0.25) is 0 Å². The number of rotatable bonds is 0. The van der Waals surface area contributed by atoms with Crippen LogP contribution < -0.4 is 5.32 Å². The van der Waals surface area contributed by atoms with Crippen LogP contribution in [0.3, 0.4) is 0 Å². The number of hydrogen-bond acceptors (Lipinski definition) is 1. The molecule has 5 rings (SSSR count). The van der Waals surface area contributed by atoms with Gasteiger partial charge in [-0.15, -0.1) is 0 Å². The normalized spacial score (nSPS) is 40.0. The molecule has 1 unspecified atom stereocenters. The maximum atomic E-state index is 4.12. The van der Waals surface area contributed by atoms with Crippen LogP contribution in [0.5, 0.6) is 0 Å². The van der Waals surface area contributed by atoms with Crippen molar-refractivity contribution in [1.29, 1.82) is 0 Å². The fourth-order valence-electron chi connectivity index (χ4n) is 7.79. The van der Waals surface area contributed by atoms with E-state index in [-0.39, 0.29) is 5.54 Å². The summed E-state index contributed by atoms with van der Waals surface area (Å²) in [7, 11) is 0. The van der Waals surface area contributed by atoms with Gasteiger partial charge in [-0.1, -0.05) is 58.4 Å². The predicted molar refractivity (Wildman–Crippen MR) is 106 cm³/mol. The largest absolute Gasteiger partial charge is 0.376 e. The van der Waals surface area contributed by atoms with Crippen LogP contribution in [0.1, 0.15) is 84.6 Å². The Kier molecular flexibility index (Phi) is 2.90. The highest BCUT2D eigenvalue weighted by atomic mass is 15.0. The fraction of sp³-hybridized carbons (Fsp3) is 0.667. The highest BCUT2D eigenvalue weighted by Crippen LogP contribution is 2.67. The molecule has 0 amide bonds. The van der Waals surface area contributed by atoms with Gasteiger partial charge in [-0.3, -0.25) is 0 Å². The van der Waals surface area contributed by atoms with Crippen molar-refractivity contribution >= 4 is 5.69 Å². The molecule has 1 nitrogen and oxygen atoms in total. The molecule has 4 aliphatic rings. The summed E-state index contributed by atoms with van der Waals surface area (Å²) < 4.78 is 0. The summed E-state index contributed by atoms with van der Waals surface area (Å²) in [6.45, 7) is 12.6. The number of anilines is 1. The summed E-state index contributed by atoms with van der Waals surface area (Å²) in [6.07, 6.45) is 7.93. The third-order valence-corrected chi connectivity index (χ3v) is 7.46. The van der Waals surface area contributed by atoms with Gasteiger partial charge in [-0.05, 0) is 72.0 Å². The number of para-hydroxylation sites is 1. The summed E-state index contributed by atoms with van der Waals surface area (Å²) in [5.74, 6) is 0.634. The first kappa shape index (κ1) is 16.0. The van der Waals surface area contributed by atoms with E-state index in [1.54, 1.807) is 5.56 Å². The van der Waals surface area contributed by atoms with Gasteiger partial charge in [-0.25, -0.2) is 0 Å². The van der Waals surface area contributed by atoms with E-state index in [1.807, 2.05) is 11.1 Å². The molecule has 0 aromatic heterocycles. The van der Waals surface area contributed by atoms with E-state index >= 15 is 0 Å². The van der Waals surface area contributed by atoms with Crippen LogP contribution in [0.25, 0.3) is 0 Å². The lowest BCUT2D eigenvalue weighted by atomic mass is 9.46. The molecule has 1 spiro atoms. The average Bonchev–Trinajstić information content (AvgIpc) is 2.41. The van der Waals surface area contributed by atoms with Gasteiger partial charge < -0.3 is 5.32 Å². The minimum Gasteiger partial charge on any atom is -0.376 e. The molecule has 1 saturated carbocycles. The molecule has 1 N–H and O–H groups in total. The van der Waals surface area contributed by atoms with E-state index < -0.39 is 0 Å². The smallest absolute Gasteiger partial charge is 0.0604 e. The maximum Gasteiger partial charge on any atom is 0.0604 e. The quantitative estimate of drug-likeness (QED) is 0.522. The second-order valence-electron chi connectivity index (χ2n) is 11.6. The molecule has 1 aromatic carbocycles. The number of benzene rings is 1. The second kappa shape index (κ2) is 4.53. The van der Waals surface area contributed by atoms with Crippen molar-refractivity contribution in [2.24, 2.45) is 16.2 Å². The van der Waals surface area contributed by atoms with Gasteiger partial charge in [0.05, 0.1) is 5.54 Å². The number of hydrogen-bond donors (Lipinski definition) is 1. The first-order valence-corrected chi connectivity index (χ1v) is 10.2. The second-order valence-corrected chi connectivity index (χ2v) is 11.6.